The van der Waals surface area contributed by atoms with Gasteiger partial charge in [-0.25, -0.2) is 9.78 Å². The van der Waals surface area contributed by atoms with E-state index < -0.39 is 17.5 Å². The number of fused-ring (bicyclic) bond motifs is 1. The Hall–Kier alpha value is -2.77. The van der Waals surface area contributed by atoms with E-state index in [0.29, 0.717) is 36.5 Å². The van der Waals surface area contributed by atoms with Gasteiger partial charge >= 0.3 is 6.09 Å². The lowest BCUT2D eigenvalue weighted by atomic mass is 10.1. The first kappa shape index (κ1) is 18.6. The van der Waals surface area contributed by atoms with Gasteiger partial charge in [-0.2, -0.15) is 0 Å². The molecule has 2 aromatic rings. The highest BCUT2D eigenvalue weighted by Crippen LogP contribution is 2.20. The molecule has 8 nitrogen and oxygen atoms in total. The molecule has 2 amide bonds. The fraction of sp³-hybridized carbons (Fsp3) is 0.471. The molecule has 136 valence electrons. The van der Waals surface area contributed by atoms with E-state index in [2.05, 4.69) is 4.98 Å². The van der Waals surface area contributed by atoms with Crippen molar-refractivity contribution in [3.05, 3.63) is 23.8 Å². The number of amides is 2. The van der Waals surface area contributed by atoms with Crippen LogP contribution in [0.5, 0.6) is 0 Å². The van der Waals surface area contributed by atoms with E-state index in [0.717, 1.165) is 11.9 Å². The summed E-state index contributed by atoms with van der Waals surface area (Å²) >= 11 is 0. The maximum Gasteiger partial charge on any atom is 0.407 e. The van der Waals surface area contributed by atoms with Gasteiger partial charge in [0.25, 0.3) is 0 Å². The van der Waals surface area contributed by atoms with Gasteiger partial charge in [0.2, 0.25) is 11.9 Å². The molecule has 1 aromatic heterocycles. The number of unbranched alkanes of at least 4 members (excludes halogenated alkanes) is 1. The Morgan fingerprint density at radius 3 is 2.52 bits per heavy atom. The molecular weight excluding hydrogens is 322 g/mol. The molecule has 2 rings (SSSR count). The van der Waals surface area contributed by atoms with Crippen LogP contribution in [0.2, 0.25) is 0 Å². The molecule has 0 saturated heterocycles. The van der Waals surface area contributed by atoms with Crippen LogP contribution in [0.15, 0.2) is 18.2 Å². The number of carbonyl (C=O) groups excluding carboxylic acids is 1. The second kappa shape index (κ2) is 7.00. The SMILES string of the molecule is CC(C)(C)N(CCCCn1c(N)nc2cc(C(N)=O)ccc21)C(=O)O. The second-order valence-corrected chi connectivity index (χ2v) is 7.00. The molecule has 0 bridgehead atoms. The summed E-state index contributed by atoms with van der Waals surface area (Å²) in [6, 6.07) is 5.04. The zero-order valence-electron chi connectivity index (χ0n) is 14.8. The summed E-state index contributed by atoms with van der Waals surface area (Å²) in [4.78, 5) is 28.3. The topological polar surface area (TPSA) is 127 Å². The molecule has 8 heteroatoms. The van der Waals surface area contributed by atoms with E-state index in [1.54, 1.807) is 18.2 Å². The first-order valence-corrected chi connectivity index (χ1v) is 8.17. The van der Waals surface area contributed by atoms with Gasteiger partial charge in [-0.1, -0.05) is 0 Å². The Kier molecular flexibility index (Phi) is 5.20. The van der Waals surface area contributed by atoms with Gasteiger partial charge in [0, 0.05) is 24.2 Å². The molecule has 0 fully saturated rings. The summed E-state index contributed by atoms with van der Waals surface area (Å²) in [5.74, 6) is -0.145. The van der Waals surface area contributed by atoms with Crippen LogP contribution in [0.25, 0.3) is 11.0 Å². The molecule has 0 saturated carbocycles. The quantitative estimate of drug-likeness (QED) is 0.691. The predicted octanol–water partition coefficient (Wildman–Crippen LogP) is 2.28. The van der Waals surface area contributed by atoms with Gasteiger partial charge in [0.15, 0.2) is 0 Å². The summed E-state index contributed by atoms with van der Waals surface area (Å²) in [6.45, 7) is 6.70. The Morgan fingerprint density at radius 1 is 1.28 bits per heavy atom. The number of nitrogens with zero attached hydrogens (tertiary/aromatic N) is 3. The summed E-state index contributed by atoms with van der Waals surface area (Å²) in [5.41, 5.74) is 12.7. The second-order valence-electron chi connectivity index (χ2n) is 7.00. The highest BCUT2D eigenvalue weighted by molar-refractivity contribution is 5.96. The number of nitrogen functional groups attached to an aromatic ring is 1. The summed E-state index contributed by atoms with van der Waals surface area (Å²) in [7, 11) is 0. The summed E-state index contributed by atoms with van der Waals surface area (Å²) in [5, 5.41) is 9.30. The number of aryl methyl sites for hydroxylation is 1. The molecule has 0 aliphatic heterocycles. The van der Waals surface area contributed by atoms with E-state index in [1.165, 1.54) is 4.90 Å². The van der Waals surface area contributed by atoms with Crippen molar-refractivity contribution in [1.29, 1.82) is 0 Å². The van der Waals surface area contributed by atoms with Crippen LogP contribution in [0.3, 0.4) is 0 Å². The molecular formula is C17H25N5O3. The zero-order chi connectivity index (χ0) is 18.8. The largest absolute Gasteiger partial charge is 0.465 e. The molecule has 1 aromatic carbocycles. The van der Waals surface area contributed by atoms with Gasteiger partial charge < -0.3 is 26.0 Å². The first-order chi connectivity index (χ1) is 11.6. The van der Waals surface area contributed by atoms with Gasteiger partial charge in [0.1, 0.15) is 0 Å². The minimum atomic E-state index is -0.918. The smallest absolute Gasteiger partial charge is 0.407 e. The van der Waals surface area contributed by atoms with E-state index in [1.807, 2.05) is 25.3 Å². The van der Waals surface area contributed by atoms with Crippen LogP contribution in [0.4, 0.5) is 10.7 Å². The Morgan fingerprint density at radius 2 is 1.96 bits per heavy atom. The highest BCUT2D eigenvalue weighted by Gasteiger charge is 2.25. The maximum absolute atomic E-state index is 11.3. The van der Waals surface area contributed by atoms with Gasteiger partial charge in [0.05, 0.1) is 11.0 Å². The number of carboxylic acid groups (broad SMARTS) is 1. The lowest BCUT2D eigenvalue weighted by Crippen LogP contribution is -2.45. The standard InChI is InChI=1S/C17H25N5O3/c1-17(2,3)22(16(24)25)9-5-4-8-21-13-7-6-11(14(18)23)10-12(13)20-15(21)19/h6-7,10H,4-5,8-9H2,1-3H3,(H2,18,23)(H2,19,20)(H,24,25). The molecule has 0 atom stereocenters. The number of hydrogen-bond donors (Lipinski definition) is 3. The van der Waals surface area contributed by atoms with Gasteiger partial charge in [-0.3, -0.25) is 4.79 Å². The lowest BCUT2D eigenvalue weighted by Gasteiger charge is -2.33. The van der Waals surface area contributed by atoms with Crippen molar-refractivity contribution in [1.82, 2.24) is 14.5 Å². The summed E-state index contributed by atoms with van der Waals surface area (Å²) in [6.07, 6.45) is 0.550. The molecule has 25 heavy (non-hydrogen) atoms. The molecule has 0 aliphatic carbocycles. The van der Waals surface area contributed by atoms with Crippen molar-refractivity contribution in [3.8, 4) is 0 Å². The van der Waals surface area contributed by atoms with E-state index >= 15 is 0 Å². The number of hydrogen-bond acceptors (Lipinski definition) is 4. The van der Waals surface area contributed by atoms with Gasteiger partial charge in [-0.05, 0) is 51.8 Å². The number of primary amides is 1. The van der Waals surface area contributed by atoms with E-state index in [9.17, 15) is 14.7 Å². The van der Waals surface area contributed by atoms with Crippen molar-refractivity contribution in [2.45, 2.75) is 45.7 Å². The minimum Gasteiger partial charge on any atom is -0.465 e. The minimum absolute atomic E-state index is 0.363. The lowest BCUT2D eigenvalue weighted by molar-refractivity contribution is 0.0983. The average molecular weight is 347 g/mol. The number of anilines is 1. The number of benzene rings is 1. The number of nitrogens with two attached hydrogens (primary N) is 2. The summed E-state index contributed by atoms with van der Waals surface area (Å²) < 4.78 is 1.86. The maximum atomic E-state index is 11.3. The molecule has 0 spiro atoms. The third-order valence-corrected chi connectivity index (χ3v) is 4.12. The number of rotatable bonds is 6. The fourth-order valence-electron chi connectivity index (χ4n) is 2.79. The van der Waals surface area contributed by atoms with Crippen molar-refractivity contribution < 1.29 is 14.7 Å². The van der Waals surface area contributed by atoms with Crippen molar-refractivity contribution in [2.24, 2.45) is 5.73 Å². The molecule has 0 unspecified atom stereocenters. The monoisotopic (exact) mass is 347 g/mol. The zero-order valence-corrected chi connectivity index (χ0v) is 14.8. The molecule has 0 radical (unpaired) electrons. The average Bonchev–Trinajstić information content (AvgIpc) is 2.80. The van der Waals surface area contributed by atoms with Crippen LogP contribution >= 0.6 is 0 Å². The van der Waals surface area contributed by atoms with Crippen LogP contribution in [-0.4, -0.2) is 43.6 Å². The Bertz CT molecular complexity index is 791. The fourth-order valence-corrected chi connectivity index (χ4v) is 2.79. The molecule has 5 N–H and O–H groups in total. The van der Waals surface area contributed by atoms with Crippen molar-refractivity contribution in [2.75, 3.05) is 12.3 Å². The normalized spacial score (nSPS) is 11.6. The first-order valence-electron chi connectivity index (χ1n) is 8.17. The highest BCUT2D eigenvalue weighted by atomic mass is 16.4. The van der Waals surface area contributed by atoms with Gasteiger partial charge in [-0.15, -0.1) is 0 Å². The van der Waals surface area contributed by atoms with Crippen LogP contribution in [0.1, 0.15) is 44.0 Å². The van der Waals surface area contributed by atoms with Crippen LogP contribution in [-0.2, 0) is 6.54 Å². The predicted molar refractivity (Wildman–Crippen MR) is 96.4 cm³/mol. The third kappa shape index (κ3) is 4.20. The van der Waals surface area contributed by atoms with Crippen molar-refractivity contribution in [3.63, 3.8) is 0 Å². The van der Waals surface area contributed by atoms with Crippen LogP contribution in [0, 0.1) is 0 Å². The molecule has 0 aliphatic rings. The van der Waals surface area contributed by atoms with Crippen molar-refractivity contribution >= 4 is 29.0 Å². The molecule has 1 heterocycles. The number of imidazole rings is 1. The Balaban J connectivity index is 2.05. The van der Waals surface area contributed by atoms with E-state index in [-0.39, 0.29) is 0 Å². The Labute approximate surface area is 146 Å². The third-order valence-electron chi connectivity index (χ3n) is 4.12. The number of carbonyl (C=O) groups is 2. The van der Waals surface area contributed by atoms with E-state index in [4.69, 9.17) is 11.5 Å². The van der Waals surface area contributed by atoms with Crippen LogP contribution < -0.4 is 11.5 Å². The number of aromatic nitrogens is 2.